The number of aromatic nitrogens is 4. The summed E-state index contributed by atoms with van der Waals surface area (Å²) < 4.78 is 23.0. The number of ether oxygens (including phenoxy) is 4. The zero-order chi connectivity index (χ0) is 38.4. The first-order valence-electron chi connectivity index (χ1n) is 18.9. The van der Waals surface area contributed by atoms with Gasteiger partial charge in [-0.3, -0.25) is 0 Å². The molecule has 2 N–H and O–H groups in total. The third-order valence-electron chi connectivity index (χ3n) is 11.6. The van der Waals surface area contributed by atoms with Crippen LogP contribution in [0.4, 0.5) is 0 Å². The van der Waals surface area contributed by atoms with Crippen molar-refractivity contribution in [3.05, 3.63) is 143 Å². The van der Waals surface area contributed by atoms with Crippen LogP contribution in [0.1, 0.15) is 33.9 Å². The van der Waals surface area contributed by atoms with Crippen molar-refractivity contribution < 1.29 is 18.9 Å². The molecule has 5 heterocycles. The van der Waals surface area contributed by atoms with Gasteiger partial charge in [0.2, 0.25) is 0 Å². The van der Waals surface area contributed by atoms with Crippen LogP contribution in [0.15, 0.2) is 109 Å². The minimum Gasteiger partial charge on any atom is -0.497 e. The first kappa shape index (κ1) is 33.1. The van der Waals surface area contributed by atoms with Crippen molar-refractivity contribution in [2.75, 3.05) is 28.4 Å². The molecule has 8 bridgehead atoms. The van der Waals surface area contributed by atoms with Crippen molar-refractivity contribution in [1.82, 2.24) is 19.9 Å². The molecular formula is C49H36N4O4. The first-order chi connectivity index (χ1) is 28.0. The molecule has 276 valence electrons. The molecule has 2 aliphatic carbocycles. The Morgan fingerprint density at radius 3 is 1.54 bits per heavy atom. The van der Waals surface area contributed by atoms with E-state index in [-0.39, 0.29) is 0 Å². The van der Waals surface area contributed by atoms with Gasteiger partial charge >= 0.3 is 0 Å². The Morgan fingerprint density at radius 2 is 0.965 bits per heavy atom. The van der Waals surface area contributed by atoms with Crippen LogP contribution in [0.3, 0.4) is 0 Å². The largest absolute Gasteiger partial charge is 0.497 e. The summed E-state index contributed by atoms with van der Waals surface area (Å²) in [5.74, 6) is 3.12. The Balaban J connectivity index is 1.35. The Hall–Kier alpha value is -7.32. The minimum atomic E-state index is 0.734. The molecule has 4 aromatic carbocycles. The number of nitrogens with zero attached hydrogens (tertiary/aromatic N) is 2. The Kier molecular flexibility index (Phi) is 7.31. The van der Waals surface area contributed by atoms with Crippen molar-refractivity contribution in [2.24, 2.45) is 0 Å². The highest BCUT2D eigenvalue weighted by Crippen LogP contribution is 2.55. The molecule has 0 saturated heterocycles. The fraction of sp³-hybridized carbons (Fsp3) is 0.102. The molecule has 0 saturated carbocycles. The molecule has 57 heavy (non-hydrogen) atoms. The summed E-state index contributed by atoms with van der Waals surface area (Å²) in [4.78, 5) is 18.8. The summed E-state index contributed by atoms with van der Waals surface area (Å²) in [6.45, 7) is 0. The van der Waals surface area contributed by atoms with E-state index in [1.54, 1.807) is 28.4 Å². The second-order valence-electron chi connectivity index (χ2n) is 14.5. The van der Waals surface area contributed by atoms with E-state index in [1.165, 1.54) is 11.1 Å². The van der Waals surface area contributed by atoms with Crippen LogP contribution in [0, 0.1) is 0 Å². The van der Waals surface area contributed by atoms with Crippen LogP contribution >= 0.6 is 0 Å². The van der Waals surface area contributed by atoms with Crippen LogP contribution in [-0.4, -0.2) is 48.4 Å². The van der Waals surface area contributed by atoms with Gasteiger partial charge in [0.1, 0.15) is 23.0 Å². The number of benzene rings is 4. The fourth-order valence-electron chi connectivity index (χ4n) is 8.94. The van der Waals surface area contributed by atoms with E-state index in [1.807, 2.05) is 36.4 Å². The second-order valence-corrected chi connectivity index (χ2v) is 14.5. The maximum atomic E-state index is 5.79. The second kappa shape index (κ2) is 12.6. The lowest BCUT2D eigenvalue weighted by Crippen LogP contribution is -2.04. The molecule has 8 heteroatoms. The van der Waals surface area contributed by atoms with Gasteiger partial charge in [-0.25, -0.2) is 9.97 Å². The van der Waals surface area contributed by atoms with E-state index < -0.39 is 0 Å². The number of hydrogen-bond donors (Lipinski definition) is 2. The first-order valence-corrected chi connectivity index (χ1v) is 18.9. The zero-order valence-electron chi connectivity index (χ0n) is 31.8. The summed E-state index contributed by atoms with van der Waals surface area (Å²) in [6.07, 6.45) is 4.94. The maximum Gasteiger partial charge on any atom is 0.119 e. The van der Waals surface area contributed by atoms with Gasteiger partial charge in [-0.15, -0.1) is 0 Å². The minimum absolute atomic E-state index is 0.734. The van der Waals surface area contributed by atoms with Gasteiger partial charge in [0.25, 0.3) is 0 Å². The maximum absolute atomic E-state index is 5.79. The van der Waals surface area contributed by atoms with E-state index in [9.17, 15) is 0 Å². The van der Waals surface area contributed by atoms with E-state index in [4.69, 9.17) is 28.9 Å². The number of nitrogens with one attached hydrogen (secondary N) is 2. The van der Waals surface area contributed by atoms with Crippen molar-refractivity contribution >= 4 is 45.4 Å². The third-order valence-corrected chi connectivity index (χ3v) is 11.6. The smallest absolute Gasteiger partial charge is 0.119 e. The topological polar surface area (TPSA) is 94.3 Å². The lowest BCUT2D eigenvalue weighted by Gasteiger charge is -2.21. The van der Waals surface area contributed by atoms with Crippen LogP contribution in [0.2, 0.25) is 0 Å². The molecule has 0 atom stereocenters. The SMILES string of the molecule is COc1cccc(-c2c3nc(c(-c4cccc(OC)c4)c4ccc([nH]4)c4c5nc6c(c7ccc2[nH]7)-c2cc(OC)ccc2CC6=C5c2ccc(OC)cc2-4)C=C3)c1. The summed E-state index contributed by atoms with van der Waals surface area (Å²) >= 11 is 0. The summed E-state index contributed by atoms with van der Waals surface area (Å²) in [6, 6.07) is 37.6. The highest BCUT2D eigenvalue weighted by molar-refractivity contribution is 6.17. The molecule has 0 unspecified atom stereocenters. The highest BCUT2D eigenvalue weighted by atomic mass is 16.5. The average Bonchev–Trinajstić information content (AvgIpc) is 4.11. The molecule has 7 aromatic rings. The number of allylic oxidation sites excluding steroid dienone is 1. The lowest BCUT2D eigenvalue weighted by molar-refractivity contribution is 0.415. The average molecular weight is 745 g/mol. The number of aromatic amines is 2. The molecule has 0 amide bonds. The molecule has 11 rings (SSSR count). The van der Waals surface area contributed by atoms with Crippen LogP contribution < -0.4 is 18.9 Å². The van der Waals surface area contributed by atoms with Gasteiger partial charge in [-0.05, 0) is 130 Å². The van der Waals surface area contributed by atoms with E-state index in [0.29, 0.717) is 0 Å². The van der Waals surface area contributed by atoms with Crippen molar-refractivity contribution in [2.45, 2.75) is 6.42 Å². The van der Waals surface area contributed by atoms with Crippen molar-refractivity contribution in [1.29, 1.82) is 0 Å². The van der Waals surface area contributed by atoms with E-state index in [0.717, 1.165) is 130 Å². The predicted molar refractivity (Wildman–Crippen MR) is 228 cm³/mol. The monoisotopic (exact) mass is 744 g/mol. The highest BCUT2D eigenvalue weighted by Gasteiger charge is 2.37. The van der Waals surface area contributed by atoms with Gasteiger partial charge in [0.15, 0.2) is 0 Å². The van der Waals surface area contributed by atoms with Gasteiger partial charge in [0.05, 0.1) is 51.2 Å². The van der Waals surface area contributed by atoms with E-state index >= 15 is 0 Å². The van der Waals surface area contributed by atoms with Gasteiger partial charge in [0, 0.05) is 56.3 Å². The van der Waals surface area contributed by atoms with E-state index in [2.05, 4.69) is 94.9 Å². The summed E-state index contributed by atoms with van der Waals surface area (Å²) in [5.41, 5.74) is 20.2. The van der Waals surface area contributed by atoms with Gasteiger partial charge in [-0.2, -0.15) is 0 Å². The predicted octanol–water partition coefficient (Wildman–Crippen LogP) is 11.0. The molecule has 3 aromatic heterocycles. The fourth-order valence-corrected chi connectivity index (χ4v) is 8.94. The van der Waals surface area contributed by atoms with Crippen molar-refractivity contribution in [3.63, 3.8) is 0 Å². The Labute approximate surface area is 328 Å². The number of fused-ring (bicyclic) bond motifs is 13. The number of rotatable bonds is 6. The number of hydrogen-bond acceptors (Lipinski definition) is 6. The number of methoxy groups -OCH3 is 4. The summed E-state index contributed by atoms with van der Waals surface area (Å²) in [7, 11) is 6.82. The molecular weight excluding hydrogens is 709 g/mol. The molecule has 0 spiro atoms. The molecule has 2 aliphatic heterocycles. The zero-order valence-corrected chi connectivity index (χ0v) is 31.8. The normalized spacial score (nSPS) is 13.1. The van der Waals surface area contributed by atoms with Crippen LogP contribution in [-0.2, 0) is 6.42 Å². The van der Waals surface area contributed by atoms with Crippen LogP contribution in [0.5, 0.6) is 23.0 Å². The third kappa shape index (κ3) is 5.00. The molecule has 4 aliphatic rings. The lowest BCUT2D eigenvalue weighted by atomic mass is 9.83. The number of H-pyrrole nitrogens is 2. The summed E-state index contributed by atoms with van der Waals surface area (Å²) in [5, 5.41) is 0. The van der Waals surface area contributed by atoms with Gasteiger partial charge in [-0.1, -0.05) is 30.3 Å². The molecule has 0 fully saturated rings. The quantitative estimate of drug-likeness (QED) is 0.176. The Bertz CT molecular complexity index is 3110. The van der Waals surface area contributed by atoms with Crippen molar-refractivity contribution in [3.8, 4) is 67.5 Å². The molecule has 8 nitrogen and oxygen atoms in total. The van der Waals surface area contributed by atoms with Gasteiger partial charge < -0.3 is 28.9 Å². The Morgan fingerprint density at radius 1 is 0.456 bits per heavy atom. The van der Waals surface area contributed by atoms with Crippen LogP contribution in [0.25, 0.3) is 89.9 Å². The molecule has 0 radical (unpaired) electrons. The standard InChI is InChI=1S/C49H36N4O4/c1-54-29-9-5-7-27(21-29)43-37-15-16-38(50-37)44(28-8-6-10-30(22-28)55-2)40-18-20-42(52-40)47-35-25-32(57-4)13-14-33(35)45-36-23-26-11-12-31(56-3)24-34(26)46(48(36)53-49(45)47)41-19-17-39(43)51-41/h5-22,24-25,51-52H,23H2,1-4H3.